The Labute approximate surface area is 97.3 Å². The van der Waals surface area contributed by atoms with Gasteiger partial charge in [0.2, 0.25) is 0 Å². The van der Waals surface area contributed by atoms with E-state index in [-0.39, 0.29) is 24.6 Å². The summed E-state index contributed by atoms with van der Waals surface area (Å²) in [7, 11) is 1.61. The molecule has 2 rings (SSSR count). The molecule has 2 N–H and O–H groups in total. The molecule has 1 heterocycles. The minimum atomic E-state index is -0.355. The van der Waals surface area contributed by atoms with Crippen molar-refractivity contribution >= 4 is 0 Å². The van der Waals surface area contributed by atoms with Crippen LogP contribution in [0, 0.1) is 5.82 Å². The normalized spacial score (nSPS) is 10.8. The highest BCUT2D eigenvalue weighted by Gasteiger charge is 2.05. The molecular weight excluding hydrogens is 223 g/mol. The van der Waals surface area contributed by atoms with Crippen molar-refractivity contribution in [1.29, 1.82) is 0 Å². The Kier molecular flexibility index (Phi) is 3.06. The molecule has 0 radical (unpaired) electrons. The van der Waals surface area contributed by atoms with E-state index >= 15 is 0 Å². The summed E-state index contributed by atoms with van der Waals surface area (Å²) in [6.07, 6.45) is 1.42. The molecule has 0 saturated heterocycles. The zero-order chi connectivity index (χ0) is 12.4. The molecule has 0 aliphatic rings. The highest BCUT2D eigenvalue weighted by atomic mass is 19.1. The number of nitrogens with two attached hydrogens (primary N) is 1. The monoisotopic (exact) mass is 236 g/mol. The van der Waals surface area contributed by atoms with Crippen LogP contribution in [0.25, 0.3) is 0 Å². The van der Waals surface area contributed by atoms with Crippen LogP contribution in [-0.2, 0) is 20.1 Å². The van der Waals surface area contributed by atoms with Crippen LogP contribution in [0.2, 0.25) is 0 Å². The van der Waals surface area contributed by atoms with Crippen LogP contribution in [0.15, 0.2) is 29.3 Å². The molecule has 0 bridgehead atoms. The Morgan fingerprint density at radius 3 is 2.65 bits per heavy atom. The van der Waals surface area contributed by atoms with Crippen LogP contribution in [0.1, 0.15) is 11.1 Å². The van der Waals surface area contributed by atoms with E-state index in [2.05, 4.69) is 5.10 Å². The van der Waals surface area contributed by atoms with E-state index < -0.39 is 0 Å². The summed E-state index contributed by atoms with van der Waals surface area (Å²) in [4.78, 5) is 11.6. The van der Waals surface area contributed by atoms with Gasteiger partial charge in [0.1, 0.15) is 12.1 Å². The van der Waals surface area contributed by atoms with E-state index in [1.54, 1.807) is 13.1 Å². The Hall–Kier alpha value is -1.95. The van der Waals surface area contributed by atoms with Gasteiger partial charge < -0.3 is 5.73 Å². The molecule has 1 aromatic carbocycles. The first kappa shape index (κ1) is 11.5. The Morgan fingerprint density at radius 1 is 1.35 bits per heavy atom. The molecule has 0 fully saturated rings. The summed E-state index contributed by atoms with van der Waals surface area (Å²) in [6, 6.07) is 4.52. The number of rotatable bonds is 3. The van der Waals surface area contributed by atoms with Crippen LogP contribution in [-0.4, -0.2) is 14.3 Å². The van der Waals surface area contributed by atoms with Gasteiger partial charge in [0, 0.05) is 13.6 Å². The molecule has 2 aromatic rings. The van der Waals surface area contributed by atoms with Gasteiger partial charge in [-0.15, -0.1) is 0 Å². The first-order chi connectivity index (χ1) is 8.10. The number of aryl methyl sites for hydroxylation is 1. The van der Waals surface area contributed by atoms with Crippen molar-refractivity contribution < 1.29 is 4.39 Å². The topological polar surface area (TPSA) is 65.8 Å². The molecule has 0 atom stereocenters. The van der Waals surface area contributed by atoms with Gasteiger partial charge >= 0.3 is 5.69 Å². The van der Waals surface area contributed by atoms with E-state index in [9.17, 15) is 9.18 Å². The summed E-state index contributed by atoms with van der Waals surface area (Å²) >= 11 is 0. The number of halogens is 1. The second-order valence-electron chi connectivity index (χ2n) is 3.85. The average Bonchev–Trinajstić information content (AvgIpc) is 2.60. The van der Waals surface area contributed by atoms with Crippen molar-refractivity contribution in [2.24, 2.45) is 12.8 Å². The highest BCUT2D eigenvalue weighted by molar-refractivity contribution is 5.24. The van der Waals surface area contributed by atoms with Crippen LogP contribution >= 0.6 is 0 Å². The van der Waals surface area contributed by atoms with Crippen molar-refractivity contribution in [3.05, 3.63) is 52.0 Å². The molecule has 0 spiro atoms. The summed E-state index contributed by atoms with van der Waals surface area (Å²) in [5.41, 5.74) is 6.60. The van der Waals surface area contributed by atoms with E-state index in [1.165, 1.54) is 27.7 Å². The summed E-state index contributed by atoms with van der Waals surface area (Å²) < 4.78 is 15.9. The molecule has 5 nitrogen and oxygen atoms in total. The maximum atomic E-state index is 13.3. The SMILES string of the molecule is Cn1cnn(Cc2cc(F)cc(CN)c2)c1=O. The van der Waals surface area contributed by atoms with Gasteiger partial charge in [0.15, 0.2) is 0 Å². The summed E-state index contributed by atoms with van der Waals surface area (Å²) in [5.74, 6) is -0.355. The largest absolute Gasteiger partial charge is 0.345 e. The maximum Gasteiger partial charge on any atom is 0.345 e. The third kappa shape index (κ3) is 2.42. The number of hydrogen-bond acceptors (Lipinski definition) is 3. The van der Waals surface area contributed by atoms with Gasteiger partial charge in [0.25, 0.3) is 0 Å². The predicted octanol–water partition coefficient (Wildman–Crippen LogP) is 0.228. The van der Waals surface area contributed by atoms with Gasteiger partial charge in [-0.25, -0.2) is 13.9 Å². The molecule has 0 aliphatic heterocycles. The van der Waals surface area contributed by atoms with E-state index in [0.717, 1.165) is 0 Å². The smallest absolute Gasteiger partial charge is 0.326 e. The fourth-order valence-electron chi connectivity index (χ4n) is 1.63. The van der Waals surface area contributed by atoms with E-state index in [4.69, 9.17) is 5.73 Å². The molecular formula is C11H13FN4O. The number of aromatic nitrogens is 3. The molecule has 6 heteroatoms. The molecule has 0 aliphatic carbocycles. The number of nitrogens with zero attached hydrogens (tertiary/aromatic N) is 3. The van der Waals surface area contributed by atoms with Gasteiger partial charge in [-0.3, -0.25) is 4.57 Å². The van der Waals surface area contributed by atoms with Crippen LogP contribution in [0.4, 0.5) is 4.39 Å². The van der Waals surface area contributed by atoms with Gasteiger partial charge in [-0.05, 0) is 23.3 Å². The fraction of sp³-hybridized carbons (Fsp3) is 0.273. The van der Waals surface area contributed by atoms with Gasteiger partial charge in [0.05, 0.1) is 6.54 Å². The Morgan fingerprint density at radius 2 is 2.06 bits per heavy atom. The minimum Gasteiger partial charge on any atom is -0.326 e. The highest BCUT2D eigenvalue weighted by Crippen LogP contribution is 2.09. The van der Waals surface area contributed by atoms with Gasteiger partial charge in [-0.1, -0.05) is 6.07 Å². The van der Waals surface area contributed by atoms with Crippen LogP contribution in [0.3, 0.4) is 0 Å². The molecule has 90 valence electrons. The average molecular weight is 236 g/mol. The first-order valence-electron chi connectivity index (χ1n) is 5.17. The van der Waals surface area contributed by atoms with E-state index in [0.29, 0.717) is 11.1 Å². The number of benzene rings is 1. The standard InChI is InChI=1S/C11H13FN4O/c1-15-7-14-16(11(15)17)6-9-2-8(5-13)3-10(12)4-9/h2-4,7H,5-6,13H2,1H3. The minimum absolute atomic E-state index is 0.233. The molecule has 0 unspecified atom stereocenters. The van der Waals surface area contributed by atoms with Crippen molar-refractivity contribution in [3.63, 3.8) is 0 Å². The van der Waals surface area contributed by atoms with Crippen molar-refractivity contribution in [2.75, 3.05) is 0 Å². The third-order valence-electron chi connectivity index (χ3n) is 2.47. The van der Waals surface area contributed by atoms with E-state index in [1.807, 2.05) is 0 Å². The zero-order valence-electron chi connectivity index (χ0n) is 9.43. The number of hydrogen-bond donors (Lipinski definition) is 1. The molecule has 0 amide bonds. The maximum absolute atomic E-state index is 13.3. The van der Waals surface area contributed by atoms with Crippen LogP contribution < -0.4 is 11.4 Å². The molecule has 0 saturated carbocycles. The zero-order valence-corrected chi connectivity index (χ0v) is 9.43. The first-order valence-corrected chi connectivity index (χ1v) is 5.17. The second-order valence-corrected chi connectivity index (χ2v) is 3.85. The fourth-order valence-corrected chi connectivity index (χ4v) is 1.63. The summed E-state index contributed by atoms with van der Waals surface area (Å²) in [5, 5.41) is 3.91. The molecule has 17 heavy (non-hydrogen) atoms. The third-order valence-corrected chi connectivity index (χ3v) is 2.47. The lowest BCUT2D eigenvalue weighted by molar-refractivity contribution is 0.610. The van der Waals surface area contributed by atoms with Crippen LogP contribution in [0.5, 0.6) is 0 Å². The summed E-state index contributed by atoms with van der Waals surface area (Å²) in [6.45, 7) is 0.506. The lowest BCUT2D eigenvalue weighted by Crippen LogP contribution is -2.23. The lowest BCUT2D eigenvalue weighted by Gasteiger charge is -2.04. The predicted molar refractivity (Wildman–Crippen MR) is 60.9 cm³/mol. The van der Waals surface area contributed by atoms with Gasteiger partial charge in [-0.2, -0.15) is 5.10 Å². The lowest BCUT2D eigenvalue weighted by atomic mass is 10.1. The van der Waals surface area contributed by atoms with Crippen molar-refractivity contribution in [2.45, 2.75) is 13.1 Å². The quantitative estimate of drug-likeness (QED) is 0.829. The molecule has 1 aromatic heterocycles. The van der Waals surface area contributed by atoms with Crippen molar-refractivity contribution in [1.82, 2.24) is 14.3 Å². The Bertz CT molecular complexity index is 587. The Balaban J connectivity index is 2.33. The van der Waals surface area contributed by atoms with Crippen molar-refractivity contribution in [3.8, 4) is 0 Å². The second kappa shape index (κ2) is 4.50.